The van der Waals surface area contributed by atoms with Gasteiger partial charge in [-0.2, -0.15) is 0 Å². The van der Waals surface area contributed by atoms with Gasteiger partial charge < -0.3 is 14.0 Å². The number of aryl methyl sites for hydroxylation is 1. The number of ether oxygens (including phenoxy) is 1. The highest BCUT2D eigenvalue weighted by atomic mass is 16.5. The number of nitrogens with zero attached hydrogens (tertiary/aromatic N) is 4. The van der Waals surface area contributed by atoms with E-state index < -0.39 is 0 Å². The Bertz CT molecular complexity index is 832. The summed E-state index contributed by atoms with van der Waals surface area (Å²) < 4.78 is 8.14. The van der Waals surface area contributed by atoms with Gasteiger partial charge in [0.2, 0.25) is 5.88 Å². The molecule has 124 valence electrons. The molecule has 0 spiro atoms. The highest BCUT2D eigenvalue weighted by molar-refractivity contribution is 5.68. The van der Waals surface area contributed by atoms with Gasteiger partial charge in [0.05, 0.1) is 5.69 Å². The van der Waals surface area contributed by atoms with Gasteiger partial charge in [0.1, 0.15) is 11.8 Å². The molecule has 5 heteroatoms. The van der Waals surface area contributed by atoms with Crippen LogP contribution in [0.15, 0.2) is 42.6 Å². The van der Waals surface area contributed by atoms with Crippen LogP contribution in [0.3, 0.4) is 0 Å². The lowest BCUT2D eigenvalue weighted by Gasteiger charge is -2.28. The molecule has 3 aromatic rings. The lowest BCUT2D eigenvalue weighted by molar-refractivity contribution is 0.109. The van der Waals surface area contributed by atoms with Crippen LogP contribution in [0.2, 0.25) is 0 Å². The number of likely N-dealkylation sites (tertiary alicyclic amines) is 1. The zero-order valence-electron chi connectivity index (χ0n) is 14.1. The summed E-state index contributed by atoms with van der Waals surface area (Å²) in [7, 11) is 2.15. The number of rotatable bonds is 3. The number of piperidine rings is 1. The van der Waals surface area contributed by atoms with Crippen LogP contribution in [0.5, 0.6) is 5.88 Å². The Balaban J connectivity index is 1.56. The summed E-state index contributed by atoms with van der Waals surface area (Å²) in [6, 6.07) is 12.3. The van der Waals surface area contributed by atoms with Gasteiger partial charge in [-0.25, -0.2) is 0 Å². The largest absolute Gasteiger partial charge is 0.473 e. The summed E-state index contributed by atoms with van der Waals surface area (Å²) >= 11 is 0. The molecule has 24 heavy (non-hydrogen) atoms. The predicted octanol–water partition coefficient (Wildman–Crippen LogP) is 3.18. The van der Waals surface area contributed by atoms with Gasteiger partial charge >= 0.3 is 0 Å². The van der Waals surface area contributed by atoms with Gasteiger partial charge in [-0.05, 0) is 56.6 Å². The van der Waals surface area contributed by atoms with Crippen molar-refractivity contribution in [1.82, 2.24) is 19.5 Å². The first-order valence-corrected chi connectivity index (χ1v) is 8.47. The third-order valence-electron chi connectivity index (χ3n) is 4.71. The summed E-state index contributed by atoms with van der Waals surface area (Å²) in [4.78, 5) is 2.33. The molecule has 0 radical (unpaired) electrons. The monoisotopic (exact) mass is 322 g/mol. The summed E-state index contributed by atoms with van der Waals surface area (Å²) in [5.74, 6) is 0.617. The Morgan fingerprint density at radius 3 is 2.67 bits per heavy atom. The first-order valence-electron chi connectivity index (χ1n) is 8.47. The van der Waals surface area contributed by atoms with Crippen molar-refractivity contribution < 1.29 is 4.74 Å². The van der Waals surface area contributed by atoms with Crippen LogP contribution in [0.25, 0.3) is 16.9 Å². The fourth-order valence-corrected chi connectivity index (χ4v) is 3.37. The van der Waals surface area contributed by atoms with Crippen LogP contribution < -0.4 is 4.74 Å². The summed E-state index contributed by atoms with van der Waals surface area (Å²) in [6.45, 7) is 4.25. The summed E-state index contributed by atoms with van der Waals surface area (Å²) in [5.41, 5.74) is 4.32. The second kappa shape index (κ2) is 6.24. The van der Waals surface area contributed by atoms with Crippen molar-refractivity contribution >= 4 is 5.52 Å². The number of fused-ring (bicyclic) bond motifs is 1. The molecule has 4 rings (SSSR count). The minimum Gasteiger partial charge on any atom is -0.473 e. The minimum atomic E-state index is 0.247. The van der Waals surface area contributed by atoms with E-state index in [0.717, 1.165) is 37.3 Å². The quantitative estimate of drug-likeness (QED) is 0.743. The van der Waals surface area contributed by atoms with Gasteiger partial charge in [-0.1, -0.05) is 6.07 Å². The molecule has 3 aromatic heterocycles. The second-order valence-corrected chi connectivity index (χ2v) is 6.55. The van der Waals surface area contributed by atoms with Crippen LogP contribution in [0.4, 0.5) is 0 Å². The molecule has 0 unspecified atom stereocenters. The highest BCUT2D eigenvalue weighted by Gasteiger charge is 2.19. The molecular weight excluding hydrogens is 300 g/mol. The number of aromatic nitrogens is 3. The van der Waals surface area contributed by atoms with Crippen LogP contribution in [0, 0.1) is 6.92 Å². The van der Waals surface area contributed by atoms with Crippen LogP contribution >= 0.6 is 0 Å². The van der Waals surface area contributed by atoms with Crippen molar-refractivity contribution in [3.05, 3.63) is 48.2 Å². The lowest BCUT2D eigenvalue weighted by atomic mass is 10.1. The molecule has 0 saturated carbocycles. The summed E-state index contributed by atoms with van der Waals surface area (Å²) in [6.07, 6.45) is 4.39. The van der Waals surface area contributed by atoms with E-state index in [1.165, 1.54) is 11.1 Å². The number of hydrogen-bond donors (Lipinski definition) is 0. The molecule has 1 fully saturated rings. The van der Waals surface area contributed by atoms with E-state index in [1.807, 2.05) is 24.3 Å². The van der Waals surface area contributed by atoms with E-state index in [1.54, 1.807) is 0 Å². The smallest absolute Gasteiger partial charge is 0.233 e. The van der Waals surface area contributed by atoms with Crippen molar-refractivity contribution in [3.63, 3.8) is 0 Å². The van der Waals surface area contributed by atoms with Gasteiger partial charge in [-0.15, -0.1) is 10.2 Å². The van der Waals surface area contributed by atoms with Crippen molar-refractivity contribution in [2.24, 2.45) is 0 Å². The fraction of sp³-hybridized carbons (Fsp3) is 0.368. The maximum atomic E-state index is 5.99. The Morgan fingerprint density at radius 1 is 1.08 bits per heavy atom. The molecule has 1 saturated heterocycles. The molecule has 1 aliphatic heterocycles. The molecule has 5 nitrogen and oxygen atoms in total. The van der Waals surface area contributed by atoms with Crippen molar-refractivity contribution in [2.75, 3.05) is 20.1 Å². The molecule has 0 bridgehead atoms. The normalized spacial score (nSPS) is 16.6. The van der Waals surface area contributed by atoms with E-state index in [-0.39, 0.29) is 6.10 Å². The van der Waals surface area contributed by atoms with E-state index >= 15 is 0 Å². The zero-order chi connectivity index (χ0) is 16.5. The molecule has 4 heterocycles. The van der Waals surface area contributed by atoms with E-state index in [4.69, 9.17) is 4.74 Å². The maximum Gasteiger partial charge on any atom is 0.233 e. The molecular formula is C19H22N4O. The van der Waals surface area contributed by atoms with Gasteiger partial charge in [0, 0.05) is 30.9 Å². The Hall–Kier alpha value is -2.40. The molecule has 0 N–H and O–H groups in total. The SMILES string of the molecule is Cc1cc2ccccn2c1-c1ccc(OC2CCN(C)CC2)nn1. The van der Waals surface area contributed by atoms with Crippen molar-refractivity contribution in [1.29, 1.82) is 0 Å². The highest BCUT2D eigenvalue weighted by Crippen LogP contribution is 2.26. The number of pyridine rings is 1. The molecule has 0 atom stereocenters. The topological polar surface area (TPSA) is 42.7 Å². The van der Waals surface area contributed by atoms with Gasteiger partial charge in [0.25, 0.3) is 0 Å². The fourth-order valence-electron chi connectivity index (χ4n) is 3.37. The maximum absolute atomic E-state index is 5.99. The molecule has 1 aliphatic rings. The molecule has 0 amide bonds. The summed E-state index contributed by atoms with van der Waals surface area (Å²) in [5, 5.41) is 8.70. The Labute approximate surface area is 141 Å². The third kappa shape index (κ3) is 2.87. The second-order valence-electron chi connectivity index (χ2n) is 6.55. The van der Waals surface area contributed by atoms with Crippen LogP contribution in [0.1, 0.15) is 18.4 Å². The Morgan fingerprint density at radius 2 is 1.92 bits per heavy atom. The van der Waals surface area contributed by atoms with Crippen LogP contribution in [-0.2, 0) is 0 Å². The van der Waals surface area contributed by atoms with Crippen molar-refractivity contribution in [2.45, 2.75) is 25.9 Å². The third-order valence-corrected chi connectivity index (χ3v) is 4.71. The van der Waals surface area contributed by atoms with E-state index in [9.17, 15) is 0 Å². The average molecular weight is 322 g/mol. The minimum absolute atomic E-state index is 0.247. The van der Waals surface area contributed by atoms with E-state index in [0.29, 0.717) is 5.88 Å². The van der Waals surface area contributed by atoms with Gasteiger partial charge in [-0.3, -0.25) is 0 Å². The Kier molecular flexibility index (Phi) is 3.94. The van der Waals surface area contributed by atoms with E-state index in [2.05, 4.69) is 51.8 Å². The average Bonchev–Trinajstić information content (AvgIpc) is 2.93. The zero-order valence-corrected chi connectivity index (χ0v) is 14.1. The first-order chi connectivity index (χ1) is 11.7. The predicted molar refractivity (Wildman–Crippen MR) is 94.3 cm³/mol. The lowest BCUT2D eigenvalue weighted by Crippen LogP contribution is -2.35. The first kappa shape index (κ1) is 15.1. The molecule has 0 aromatic carbocycles. The van der Waals surface area contributed by atoms with Crippen molar-refractivity contribution in [3.8, 4) is 17.3 Å². The number of hydrogen-bond acceptors (Lipinski definition) is 4. The van der Waals surface area contributed by atoms with Gasteiger partial charge in [0.15, 0.2) is 0 Å². The molecule has 0 aliphatic carbocycles. The van der Waals surface area contributed by atoms with Crippen LogP contribution in [-0.4, -0.2) is 45.7 Å². The standard InChI is InChI=1S/C19H22N4O/c1-14-13-15-5-3-4-10-23(15)19(14)17-6-7-18(21-20-17)24-16-8-11-22(2)12-9-16/h3-7,10,13,16H,8-9,11-12H2,1-2H3.